The highest BCUT2D eigenvalue weighted by Gasteiger charge is 2.23. The molecule has 0 N–H and O–H groups in total. The maximum atomic E-state index is 4.83. The third kappa shape index (κ3) is 2.84. The van der Waals surface area contributed by atoms with Crippen LogP contribution in [0.4, 0.5) is 11.4 Å². The van der Waals surface area contributed by atoms with Crippen LogP contribution in [0.15, 0.2) is 94.9 Å². The van der Waals surface area contributed by atoms with Gasteiger partial charge in [-0.25, -0.2) is 0 Å². The predicted octanol–water partition coefficient (Wildman–Crippen LogP) is 5.33. The van der Waals surface area contributed by atoms with Gasteiger partial charge in [-0.05, 0) is 24.3 Å². The van der Waals surface area contributed by atoms with E-state index in [-0.39, 0.29) is 0 Å². The largest absolute Gasteiger partial charge is 0.252 e. The molecular formula is C21H16N2. The number of para-hydroxylation sites is 2. The van der Waals surface area contributed by atoms with Crippen LogP contribution < -0.4 is 0 Å². The summed E-state index contributed by atoms with van der Waals surface area (Å²) < 4.78 is 0. The number of nitrogens with zero attached hydrogens (tertiary/aromatic N) is 2. The zero-order valence-electron chi connectivity index (χ0n) is 12.7. The van der Waals surface area contributed by atoms with Gasteiger partial charge in [0.05, 0.1) is 22.8 Å². The van der Waals surface area contributed by atoms with Crippen LogP contribution in [-0.4, -0.2) is 11.4 Å². The Labute approximate surface area is 135 Å². The van der Waals surface area contributed by atoms with Gasteiger partial charge in [0.15, 0.2) is 0 Å². The number of hydrogen-bond donors (Lipinski definition) is 0. The van der Waals surface area contributed by atoms with E-state index in [4.69, 9.17) is 9.98 Å². The van der Waals surface area contributed by atoms with Gasteiger partial charge in [0.2, 0.25) is 0 Å². The Balaban J connectivity index is 1.78. The Morgan fingerprint density at radius 3 is 1.30 bits per heavy atom. The van der Waals surface area contributed by atoms with Gasteiger partial charge in [-0.15, -0.1) is 0 Å². The van der Waals surface area contributed by atoms with Gasteiger partial charge in [0.25, 0.3) is 0 Å². The first-order valence-corrected chi connectivity index (χ1v) is 7.75. The molecule has 0 bridgehead atoms. The normalized spacial score (nSPS) is 16.7. The molecule has 0 unspecified atom stereocenters. The molecule has 0 aromatic heterocycles. The lowest BCUT2D eigenvalue weighted by Gasteiger charge is -1.99. The van der Waals surface area contributed by atoms with Crippen molar-refractivity contribution in [2.24, 2.45) is 9.98 Å². The molecule has 2 nitrogen and oxygen atoms in total. The molecule has 1 aliphatic carbocycles. The number of aliphatic imine (C=N–C) groups is 2. The van der Waals surface area contributed by atoms with Crippen LogP contribution >= 0.6 is 0 Å². The zero-order valence-corrected chi connectivity index (χ0v) is 12.7. The summed E-state index contributed by atoms with van der Waals surface area (Å²) in [6.07, 6.45) is 0.767. The molecule has 1 aliphatic rings. The highest BCUT2D eigenvalue weighted by atomic mass is 14.8. The third-order valence-corrected chi connectivity index (χ3v) is 3.92. The molecule has 3 aromatic carbocycles. The Kier molecular flexibility index (Phi) is 3.57. The minimum absolute atomic E-state index is 0.767. The lowest BCUT2D eigenvalue weighted by Crippen LogP contribution is -1.95. The molecule has 4 rings (SSSR count). The first-order chi connectivity index (χ1) is 11.4. The highest BCUT2D eigenvalue weighted by Crippen LogP contribution is 2.27. The molecule has 0 saturated heterocycles. The van der Waals surface area contributed by atoms with E-state index in [1.54, 1.807) is 0 Å². The van der Waals surface area contributed by atoms with Crippen LogP contribution in [-0.2, 0) is 0 Å². The van der Waals surface area contributed by atoms with Crippen molar-refractivity contribution in [3.05, 3.63) is 96.1 Å². The van der Waals surface area contributed by atoms with Crippen molar-refractivity contribution in [2.75, 3.05) is 0 Å². The molecule has 2 heteroatoms. The fourth-order valence-corrected chi connectivity index (χ4v) is 2.85. The van der Waals surface area contributed by atoms with Crippen LogP contribution in [0.3, 0.4) is 0 Å². The maximum absolute atomic E-state index is 4.83. The topological polar surface area (TPSA) is 24.7 Å². The summed E-state index contributed by atoms with van der Waals surface area (Å²) in [5.74, 6) is 0. The van der Waals surface area contributed by atoms with Crippen molar-refractivity contribution in [3.8, 4) is 0 Å². The van der Waals surface area contributed by atoms with Crippen LogP contribution in [0.2, 0.25) is 0 Å². The summed E-state index contributed by atoms with van der Waals surface area (Å²) in [5.41, 5.74) is 6.51. The summed E-state index contributed by atoms with van der Waals surface area (Å²) in [5, 5.41) is 0. The van der Waals surface area contributed by atoms with Crippen LogP contribution in [0, 0.1) is 0 Å². The number of fused-ring (bicyclic) bond motifs is 1. The predicted molar refractivity (Wildman–Crippen MR) is 96.3 cm³/mol. The monoisotopic (exact) mass is 296 g/mol. The quantitative estimate of drug-likeness (QED) is 0.610. The molecular weight excluding hydrogens is 280 g/mol. The lowest BCUT2D eigenvalue weighted by atomic mass is 10.1. The fraction of sp³-hybridized carbons (Fsp3) is 0.0476. The van der Waals surface area contributed by atoms with Crippen LogP contribution in [0.5, 0.6) is 0 Å². The average Bonchev–Trinajstić information content (AvgIpc) is 2.95. The van der Waals surface area contributed by atoms with Crippen molar-refractivity contribution < 1.29 is 0 Å². The Morgan fingerprint density at radius 1 is 0.478 bits per heavy atom. The van der Waals surface area contributed by atoms with Crippen LogP contribution in [0.1, 0.15) is 17.5 Å². The van der Waals surface area contributed by atoms with Gasteiger partial charge in [0.1, 0.15) is 0 Å². The van der Waals surface area contributed by atoms with Crippen molar-refractivity contribution in [3.63, 3.8) is 0 Å². The van der Waals surface area contributed by atoms with E-state index in [0.29, 0.717) is 0 Å². The molecule has 0 radical (unpaired) electrons. The Bertz CT molecular complexity index is 803. The Morgan fingerprint density at radius 2 is 0.870 bits per heavy atom. The highest BCUT2D eigenvalue weighted by molar-refractivity contribution is 6.28. The molecule has 0 heterocycles. The van der Waals surface area contributed by atoms with Crippen LogP contribution in [0.25, 0.3) is 0 Å². The fourth-order valence-electron chi connectivity index (χ4n) is 2.85. The van der Waals surface area contributed by atoms with E-state index in [2.05, 4.69) is 24.3 Å². The molecule has 0 amide bonds. The molecule has 0 atom stereocenters. The molecule has 0 aliphatic heterocycles. The lowest BCUT2D eigenvalue weighted by molar-refractivity contribution is 1.44. The van der Waals surface area contributed by atoms with E-state index >= 15 is 0 Å². The van der Waals surface area contributed by atoms with Gasteiger partial charge in [-0.2, -0.15) is 0 Å². The van der Waals surface area contributed by atoms with E-state index in [0.717, 1.165) is 29.2 Å². The number of hydrogen-bond acceptors (Lipinski definition) is 2. The maximum Gasteiger partial charge on any atom is 0.0633 e. The smallest absolute Gasteiger partial charge is 0.0633 e. The van der Waals surface area contributed by atoms with Gasteiger partial charge in [-0.1, -0.05) is 60.7 Å². The van der Waals surface area contributed by atoms with Gasteiger partial charge in [-0.3, -0.25) is 9.98 Å². The molecule has 23 heavy (non-hydrogen) atoms. The second kappa shape index (κ2) is 6.01. The van der Waals surface area contributed by atoms with Crippen molar-refractivity contribution in [2.45, 2.75) is 6.42 Å². The zero-order chi connectivity index (χ0) is 15.5. The molecule has 0 saturated carbocycles. The first-order valence-electron chi connectivity index (χ1n) is 7.75. The second-order valence-electron chi connectivity index (χ2n) is 5.51. The van der Waals surface area contributed by atoms with E-state index in [1.165, 1.54) is 11.1 Å². The second-order valence-corrected chi connectivity index (χ2v) is 5.51. The average molecular weight is 296 g/mol. The first kappa shape index (κ1) is 13.6. The SMILES string of the molecule is c1ccc(/N=C2/C/C(=N\c3ccccc3)c3ccccc32)cc1. The third-order valence-electron chi connectivity index (χ3n) is 3.92. The van der Waals surface area contributed by atoms with E-state index in [1.807, 2.05) is 60.7 Å². The minimum atomic E-state index is 0.767. The molecule has 0 fully saturated rings. The summed E-state index contributed by atoms with van der Waals surface area (Å²) in [4.78, 5) is 9.65. The molecule has 3 aromatic rings. The summed E-state index contributed by atoms with van der Waals surface area (Å²) in [6.45, 7) is 0. The summed E-state index contributed by atoms with van der Waals surface area (Å²) in [6, 6.07) is 28.6. The summed E-state index contributed by atoms with van der Waals surface area (Å²) in [7, 11) is 0. The standard InChI is InChI=1S/C21H16N2/c1-3-9-16(10-4-1)22-20-15-21(19-14-8-7-13-18(19)20)23-17-11-5-2-6-12-17/h1-14H,15H2/b22-20-,23-21+. The van der Waals surface area contributed by atoms with Gasteiger partial charge in [0, 0.05) is 17.5 Å². The van der Waals surface area contributed by atoms with Gasteiger partial charge < -0.3 is 0 Å². The van der Waals surface area contributed by atoms with Gasteiger partial charge >= 0.3 is 0 Å². The van der Waals surface area contributed by atoms with E-state index < -0.39 is 0 Å². The number of benzene rings is 3. The number of rotatable bonds is 2. The minimum Gasteiger partial charge on any atom is -0.252 e. The molecule has 110 valence electrons. The van der Waals surface area contributed by atoms with Crippen molar-refractivity contribution in [1.29, 1.82) is 0 Å². The van der Waals surface area contributed by atoms with Crippen molar-refractivity contribution >= 4 is 22.8 Å². The Hall–Kier alpha value is -3.00. The van der Waals surface area contributed by atoms with E-state index in [9.17, 15) is 0 Å². The van der Waals surface area contributed by atoms with Crippen molar-refractivity contribution in [1.82, 2.24) is 0 Å². The summed E-state index contributed by atoms with van der Waals surface area (Å²) >= 11 is 0. The molecule has 0 spiro atoms.